The minimum atomic E-state index is -0.200. The van der Waals surface area contributed by atoms with Crippen LogP contribution in [-0.4, -0.2) is 29.9 Å². The van der Waals surface area contributed by atoms with Crippen LogP contribution in [0.25, 0.3) is 11.3 Å². The van der Waals surface area contributed by atoms with E-state index in [1.807, 2.05) is 79.7 Å². The zero-order chi connectivity index (χ0) is 25.8. The summed E-state index contributed by atoms with van der Waals surface area (Å²) in [4.78, 5) is 31.1. The average Bonchev–Trinajstić information content (AvgIpc) is 3.64. The Labute approximate surface area is 219 Å². The van der Waals surface area contributed by atoms with Gasteiger partial charge in [-0.3, -0.25) is 9.59 Å². The van der Waals surface area contributed by atoms with E-state index in [0.717, 1.165) is 41.0 Å². The van der Waals surface area contributed by atoms with Gasteiger partial charge in [-0.05, 0) is 67.3 Å². The fourth-order valence-electron chi connectivity index (χ4n) is 3.84. The first-order valence-electron chi connectivity index (χ1n) is 12.2. The van der Waals surface area contributed by atoms with Crippen LogP contribution in [0, 0.1) is 6.92 Å². The zero-order valence-electron chi connectivity index (χ0n) is 20.7. The van der Waals surface area contributed by atoms with Gasteiger partial charge in [-0.15, -0.1) is 0 Å². The molecule has 1 heterocycles. The molecule has 8 heteroatoms. The Morgan fingerprint density at radius 3 is 2.46 bits per heavy atom. The summed E-state index contributed by atoms with van der Waals surface area (Å²) in [7, 11) is 1.61. The summed E-state index contributed by atoms with van der Waals surface area (Å²) < 4.78 is 5.28. The molecule has 0 bridgehead atoms. The van der Waals surface area contributed by atoms with Gasteiger partial charge in [0.15, 0.2) is 5.13 Å². The fourth-order valence-corrected chi connectivity index (χ4v) is 4.76. The summed E-state index contributed by atoms with van der Waals surface area (Å²) in [5, 5.41) is 9.94. The normalized spacial score (nSPS) is 12.6. The first kappa shape index (κ1) is 24.5. The van der Waals surface area contributed by atoms with Crippen molar-refractivity contribution in [2.24, 2.45) is 0 Å². The third-order valence-corrected chi connectivity index (χ3v) is 7.12. The van der Waals surface area contributed by atoms with Crippen molar-refractivity contribution in [1.82, 2.24) is 15.6 Å². The van der Waals surface area contributed by atoms with Crippen LogP contribution < -0.4 is 20.7 Å². The molecule has 0 spiro atoms. The molecule has 37 heavy (non-hydrogen) atoms. The van der Waals surface area contributed by atoms with E-state index in [-0.39, 0.29) is 17.9 Å². The van der Waals surface area contributed by atoms with E-state index in [9.17, 15) is 9.59 Å². The molecule has 7 nitrogen and oxygen atoms in total. The van der Waals surface area contributed by atoms with Crippen LogP contribution in [0.5, 0.6) is 5.75 Å². The smallest absolute Gasteiger partial charge is 0.264 e. The Morgan fingerprint density at radius 2 is 1.76 bits per heavy atom. The first-order chi connectivity index (χ1) is 18.0. The maximum absolute atomic E-state index is 13.3. The van der Waals surface area contributed by atoms with E-state index in [2.05, 4.69) is 16.0 Å². The quantitative estimate of drug-likeness (QED) is 0.268. The van der Waals surface area contributed by atoms with Crippen LogP contribution in [0.15, 0.2) is 72.8 Å². The summed E-state index contributed by atoms with van der Waals surface area (Å²) in [6.07, 6.45) is 2.07. The second-order valence-electron chi connectivity index (χ2n) is 9.00. The molecule has 1 fully saturated rings. The van der Waals surface area contributed by atoms with Crippen LogP contribution in [0.1, 0.15) is 44.0 Å². The molecule has 1 aromatic heterocycles. The van der Waals surface area contributed by atoms with Gasteiger partial charge in [0, 0.05) is 29.4 Å². The largest absolute Gasteiger partial charge is 0.497 e. The van der Waals surface area contributed by atoms with E-state index in [1.54, 1.807) is 7.11 Å². The predicted octanol–water partition coefficient (Wildman–Crippen LogP) is 5.69. The molecule has 2 amide bonds. The molecule has 188 valence electrons. The number of anilines is 2. The lowest BCUT2D eigenvalue weighted by molar-refractivity contribution is 0.0944. The number of aromatic nitrogens is 1. The van der Waals surface area contributed by atoms with Crippen LogP contribution in [0.4, 0.5) is 10.8 Å². The van der Waals surface area contributed by atoms with Gasteiger partial charge in [0.25, 0.3) is 11.8 Å². The highest BCUT2D eigenvalue weighted by atomic mass is 32.1. The van der Waals surface area contributed by atoms with Crippen molar-refractivity contribution < 1.29 is 14.3 Å². The van der Waals surface area contributed by atoms with Crippen molar-refractivity contribution in [1.29, 1.82) is 0 Å². The summed E-state index contributed by atoms with van der Waals surface area (Å²) in [5.74, 6) is 0.448. The number of nitrogens with zero attached hydrogens (tertiary/aromatic N) is 1. The topological polar surface area (TPSA) is 92.3 Å². The zero-order valence-corrected chi connectivity index (χ0v) is 21.5. The number of rotatable bonds is 9. The fraction of sp³-hybridized carbons (Fsp3) is 0.207. The Kier molecular flexibility index (Phi) is 7.18. The van der Waals surface area contributed by atoms with Crippen molar-refractivity contribution in [3.8, 4) is 17.0 Å². The summed E-state index contributed by atoms with van der Waals surface area (Å²) in [5.41, 5.74) is 4.74. The number of amides is 2. The van der Waals surface area contributed by atoms with Crippen molar-refractivity contribution in [2.45, 2.75) is 32.4 Å². The van der Waals surface area contributed by atoms with Gasteiger partial charge in [-0.2, -0.15) is 0 Å². The second kappa shape index (κ2) is 10.8. The van der Waals surface area contributed by atoms with Gasteiger partial charge in [0.05, 0.1) is 12.8 Å². The second-order valence-corrected chi connectivity index (χ2v) is 10.00. The molecular formula is C29H28N4O3S. The number of ether oxygens (including phenoxy) is 1. The van der Waals surface area contributed by atoms with Crippen LogP contribution in [0.2, 0.25) is 0 Å². The highest BCUT2D eigenvalue weighted by Crippen LogP contribution is 2.34. The number of carbonyl (C=O) groups excluding carboxylic acids is 2. The molecule has 0 radical (unpaired) electrons. The lowest BCUT2D eigenvalue weighted by Gasteiger charge is -2.10. The highest BCUT2D eigenvalue weighted by molar-refractivity contribution is 7.18. The highest BCUT2D eigenvalue weighted by Gasteiger charge is 2.24. The summed E-state index contributed by atoms with van der Waals surface area (Å²) in [6.45, 7) is 2.38. The van der Waals surface area contributed by atoms with E-state index in [4.69, 9.17) is 9.72 Å². The molecule has 3 aromatic carbocycles. The number of carbonyl (C=O) groups is 2. The molecule has 5 rings (SSSR count). The maximum Gasteiger partial charge on any atom is 0.264 e. The SMILES string of the molecule is COc1ccc(-c2nc(Nc3cc(C(=O)NC4CC4)ccc3C)sc2C(=O)NCc2ccccc2)cc1. The standard InChI is InChI=1S/C29H28N4O3S/c1-18-8-9-21(27(34)31-22-12-13-22)16-24(18)32-29-33-25(20-10-14-23(36-2)15-11-20)26(37-29)28(35)30-17-19-6-4-3-5-7-19/h3-11,14-16,22H,12-13,17H2,1-2H3,(H,30,35)(H,31,34)(H,32,33). The third kappa shape index (κ3) is 5.98. The Morgan fingerprint density at radius 1 is 1.00 bits per heavy atom. The predicted molar refractivity (Wildman–Crippen MR) is 147 cm³/mol. The van der Waals surface area contributed by atoms with Gasteiger partial charge >= 0.3 is 0 Å². The first-order valence-corrected chi connectivity index (χ1v) is 13.0. The molecule has 1 aliphatic carbocycles. The van der Waals surface area contributed by atoms with E-state index in [1.165, 1.54) is 11.3 Å². The van der Waals surface area contributed by atoms with Gasteiger partial charge in [0.2, 0.25) is 0 Å². The summed E-state index contributed by atoms with van der Waals surface area (Å²) in [6, 6.07) is 23.1. The number of aryl methyl sites for hydroxylation is 1. The minimum Gasteiger partial charge on any atom is -0.497 e. The molecule has 1 aliphatic rings. The molecule has 4 aromatic rings. The van der Waals surface area contributed by atoms with Gasteiger partial charge in [-0.25, -0.2) is 4.98 Å². The van der Waals surface area contributed by atoms with Crippen LogP contribution >= 0.6 is 11.3 Å². The van der Waals surface area contributed by atoms with Crippen molar-refractivity contribution in [3.05, 3.63) is 94.4 Å². The number of benzene rings is 3. The Hall–Kier alpha value is -4.17. The molecule has 0 unspecified atom stereocenters. The summed E-state index contributed by atoms with van der Waals surface area (Å²) >= 11 is 1.28. The number of nitrogens with one attached hydrogen (secondary N) is 3. The van der Waals surface area contributed by atoms with Crippen molar-refractivity contribution >= 4 is 34.0 Å². The average molecular weight is 513 g/mol. The van der Waals surface area contributed by atoms with Crippen molar-refractivity contribution in [3.63, 3.8) is 0 Å². The molecule has 3 N–H and O–H groups in total. The minimum absolute atomic E-state index is 0.0791. The lowest BCUT2D eigenvalue weighted by Crippen LogP contribution is -2.25. The molecule has 0 atom stereocenters. The lowest BCUT2D eigenvalue weighted by atomic mass is 10.1. The maximum atomic E-state index is 13.3. The van der Waals surface area contributed by atoms with Crippen molar-refractivity contribution in [2.75, 3.05) is 12.4 Å². The molecule has 0 aliphatic heterocycles. The molecule has 0 saturated heterocycles. The van der Waals surface area contributed by atoms with E-state index in [0.29, 0.717) is 27.8 Å². The van der Waals surface area contributed by atoms with E-state index < -0.39 is 0 Å². The number of methoxy groups -OCH3 is 1. The van der Waals surface area contributed by atoms with Crippen LogP contribution in [0.3, 0.4) is 0 Å². The van der Waals surface area contributed by atoms with E-state index >= 15 is 0 Å². The van der Waals surface area contributed by atoms with Gasteiger partial charge in [0.1, 0.15) is 10.6 Å². The number of thiazole rings is 1. The third-order valence-electron chi connectivity index (χ3n) is 6.15. The number of hydrogen-bond donors (Lipinski definition) is 3. The molecular weight excluding hydrogens is 484 g/mol. The monoisotopic (exact) mass is 512 g/mol. The van der Waals surface area contributed by atoms with Gasteiger partial charge < -0.3 is 20.7 Å². The Bertz CT molecular complexity index is 1410. The Balaban J connectivity index is 1.43. The van der Waals surface area contributed by atoms with Crippen LogP contribution in [-0.2, 0) is 6.54 Å². The number of hydrogen-bond acceptors (Lipinski definition) is 6. The van der Waals surface area contributed by atoms with Gasteiger partial charge in [-0.1, -0.05) is 47.7 Å². The molecule has 1 saturated carbocycles.